The third kappa shape index (κ3) is 3.45. The van der Waals surface area contributed by atoms with Crippen LogP contribution < -0.4 is 5.32 Å². The van der Waals surface area contributed by atoms with E-state index in [9.17, 15) is 0 Å². The molecule has 1 unspecified atom stereocenters. The zero-order valence-corrected chi connectivity index (χ0v) is 9.61. The lowest BCUT2D eigenvalue weighted by Gasteiger charge is -2.21. The van der Waals surface area contributed by atoms with E-state index < -0.39 is 0 Å². The molecule has 0 saturated carbocycles. The highest BCUT2D eigenvalue weighted by Crippen LogP contribution is 2.20. The van der Waals surface area contributed by atoms with Crippen LogP contribution in [0, 0.1) is 0 Å². The van der Waals surface area contributed by atoms with Gasteiger partial charge in [-0.25, -0.2) is 0 Å². The lowest BCUT2D eigenvalue weighted by Crippen LogP contribution is -2.28. The van der Waals surface area contributed by atoms with Gasteiger partial charge in [-0.15, -0.1) is 24.8 Å². The zero-order valence-electron chi connectivity index (χ0n) is 7.98. The molecule has 1 aliphatic rings. The van der Waals surface area contributed by atoms with Crippen molar-refractivity contribution < 1.29 is 0 Å². The van der Waals surface area contributed by atoms with Crippen LogP contribution in [-0.4, -0.2) is 18.1 Å². The second-order valence-electron chi connectivity index (χ2n) is 3.30. The molecule has 14 heavy (non-hydrogen) atoms. The van der Waals surface area contributed by atoms with E-state index in [4.69, 9.17) is 0 Å². The number of nitrogens with one attached hydrogen (secondary N) is 1. The highest BCUT2D eigenvalue weighted by molar-refractivity contribution is 5.85. The van der Waals surface area contributed by atoms with E-state index in [-0.39, 0.29) is 24.8 Å². The van der Waals surface area contributed by atoms with Gasteiger partial charge in [-0.05, 0) is 31.5 Å². The zero-order chi connectivity index (χ0) is 8.23. The first-order chi connectivity index (χ1) is 5.97. The van der Waals surface area contributed by atoms with Gasteiger partial charge in [-0.2, -0.15) is 0 Å². The molecular formula is C10H16Cl2N2. The molecule has 2 rings (SSSR count). The fourth-order valence-corrected chi connectivity index (χ4v) is 1.72. The Balaban J connectivity index is 0.000000845. The van der Waals surface area contributed by atoms with Crippen molar-refractivity contribution in [3.63, 3.8) is 0 Å². The molecule has 2 nitrogen and oxygen atoms in total. The molecule has 1 N–H and O–H groups in total. The Labute approximate surface area is 97.3 Å². The van der Waals surface area contributed by atoms with Gasteiger partial charge in [0.05, 0.1) is 0 Å². The smallest absolute Gasteiger partial charge is 0.0447 e. The summed E-state index contributed by atoms with van der Waals surface area (Å²) in [7, 11) is 0. The van der Waals surface area contributed by atoms with Crippen molar-refractivity contribution in [3.05, 3.63) is 30.1 Å². The summed E-state index contributed by atoms with van der Waals surface area (Å²) in [6, 6.07) is 6.16. The lowest BCUT2D eigenvalue weighted by atomic mass is 9.96. The maximum atomic E-state index is 4.36. The summed E-state index contributed by atoms with van der Waals surface area (Å²) in [6.45, 7) is 2.26. The first kappa shape index (κ1) is 13.7. The van der Waals surface area contributed by atoms with Gasteiger partial charge >= 0.3 is 0 Å². The summed E-state index contributed by atoms with van der Waals surface area (Å²) in [5, 5.41) is 3.39. The quantitative estimate of drug-likeness (QED) is 0.808. The highest BCUT2D eigenvalue weighted by atomic mass is 35.5. The first-order valence-corrected chi connectivity index (χ1v) is 4.58. The maximum Gasteiger partial charge on any atom is 0.0447 e. The summed E-state index contributed by atoms with van der Waals surface area (Å²) >= 11 is 0. The number of halogens is 2. The number of aromatic nitrogens is 1. The number of hydrogen-bond donors (Lipinski definition) is 1. The SMILES string of the molecule is Cl.Cl.c1ccc(C2CCCNC2)nc1. The van der Waals surface area contributed by atoms with E-state index in [1.54, 1.807) is 0 Å². The van der Waals surface area contributed by atoms with Gasteiger partial charge in [-0.3, -0.25) is 4.98 Å². The van der Waals surface area contributed by atoms with E-state index >= 15 is 0 Å². The molecule has 4 heteroatoms. The summed E-state index contributed by atoms with van der Waals surface area (Å²) in [6.07, 6.45) is 4.44. The van der Waals surface area contributed by atoms with E-state index in [2.05, 4.69) is 22.4 Å². The van der Waals surface area contributed by atoms with Crippen molar-refractivity contribution in [1.82, 2.24) is 10.3 Å². The van der Waals surface area contributed by atoms with Crippen LogP contribution >= 0.6 is 24.8 Å². The molecule has 1 aliphatic heterocycles. The average molecular weight is 235 g/mol. The lowest BCUT2D eigenvalue weighted by molar-refractivity contribution is 0.455. The van der Waals surface area contributed by atoms with Crippen molar-refractivity contribution in [2.24, 2.45) is 0 Å². The summed E-state index contributed by atoms with van der Waals surface area (Å²) in [4.78, 5) is 4.36. The van der Waals surface area contributed by atoms with Crippen molar-refractivity contribution in [2.75, 3.05) is 13.1 Å². The Bertz CT molecular complexity index is 235. The maximum absolute atomic E-state index is 4.36. The van der Waals surface area contributed by atoms with Gasteiger partial charge in [-0.1, -0.05) is 6.07 Å². The Hall–Kier alpha value is -0.310. The van der Waals surface area contributed by atoms with E-state index in [0.29, 0.717) is 5.92 Å². The normalized spacial score (nSPS) is 20.4. The third-order valence-electron chi connectivity index (χ3n) is 2.40. The molecule has 1 saturated heterocycles. The Morgan fingerprint density at radius 2 is 2.14 bits per heavy atom. The van der Waals surface area contributed by atoms with Gasteiger partial charge in [0.2, 0.25) is 0 Å². The number of pyridine rings is 1. The van der Waals surface area contributed by atoms with Crippen LogP contribution in [0.1, 0.15) is 24.5 Å². The van der Waals surface area contributed by atoms with Gasteiger partial charge in [0.25, 0.3) is 0 Å². The second-order valence-corrected chi connectivity index (χ2v) is 3.30. The second kappa shape index (κ2) is 7.04. The van der Waals surface area contributed by atoms with Crippen LogP contribution in [0.25, 0.3) is 0 Å². The van der Waals surface area contributed by atoms with Gasteiger partial charge in [0.1, 0.15) is 0 Å². The molecule has 80 valence electrons. The number of piperidine rings is 1. The largest absolute Gasteiger partial charge is 0.316 e. The molecular weight excluding hydrogens is 219 g/mol. The van der Waals surface area contributed by atoms with Crippen molar-refractivity contribution >= 4 is 24.8 Å². The molecule has 0 aliphatic carbocycles. The van der Waals surface area contributed by atoms with Crippen LogP contribution in [0.5, 0.6) is 0 Å². The molecule has 1 aromatic heterocycles. The molecule has 0 aromatic carbocycles. The predicted octanol–water partition coefficient (Wildman–Crippen LogP) is 2.39. The third-order valence-corrected chi connectivity index (χ3v) is 2.40. The van der Waals surface area contributed by atoms with E-state index in [1.807, 2.05) is 12.3 Å². The highest BCUT2D eigenvalue weighted by Gasteiger charge is 2.14. The van der Waals surface area contributed by atoms with Gasteiger partial charge in [0.15, 0.2) is 0 Å². The average Bonchev–Trinajstić information content (AvgIpc) is 2.21. The fourth-order valence-electron chi connectivity index (χ4n) is 1.72. The van der Waals surface area contributed by atoms with Crippen molar-refractivity contribution in [1.29, 1.82) is 0 Å². The minimum Gasteiger partial charge on any atom is -0.316 e. The Morgan fingerprint density at radius 1 is 1.29 bits per heavy atom. The summed E-state index contributed by atoms with van der Waals surface area (Å²) in [5.74, 6) is 0.639. The van der Waals surface area contributed by atoms with E-state index in [0.717, 1.165) is 6.54 Å². The van der Waals surface area contributed by atoms with Crippen LogP contribution in [0.2, 0.25) is 0 Å². The number of rotatable bonds is 1. The monoisotopic (exact) mass is 234 g/mol. The van der Waals surface area contributed by atoms with Crippen molar-refractivity contribution in [3.8, 4) is 0 Å². The number of hydrogen-bond acceptors (Lipinski definition) is 2. The minimum atomic E-state index is 0. The number of nitrogens with zero attached hydrogens (tertiary/aromatic N) is 1. The minimum absolute atomic E-state index is 0. The summed E-state index contributed by atoms with van der Waals surface area (Å²) in [5.41, 5.74) is 1.24. The molecule has 1 fully saturated rings. The van der Waals surface area contributed by atoms with Crippen LogP contribution in [-0.2, 0) is 0 Å². The molecule has 0 amide bonds. The van der Waals surface area contributed by atoms with Gasteiger partial charge in [0, 0.05) is 24.4 Å². The van der Waals surface area contributed by atoms with Crippen LogP contribution in [0.15, 0.2) is 24.4 Å². The van der Waals surface area contributed by atoms with Crippen LogP contribution in [0.3, 0.4) is 0 Å². The van der Waals surface area contributed by atoms with Crippen molar-refractivity contribution in [2.45, 2.75) is 18.8 Å². The molecule has 1 aromatic rings. The standard InChI is InChI=1S/C10H14N2.2ClH/c1-2-7-12-10(5-1)9-4-3-6-11-8-9;;/h1-2,5,7,9,11H,3-4,6,8H2;2*1H. The first-order valence-electron chi connectivity index (χ1n) is 4.58. The molecule has 2 heterocycles. The fraction of sp³-hybridized carbons (Fsp3) is 0.500. The molecule has 0 radical (unpaired) electrons. The molecule has 0 bridgehead atoms. The Morgan fingerprint density at radius 3 is 2.71 bits per heavy atom. The summed E-state index contributed by atoms with van der Waals surface area (Å²) < 4.78 is 0. The molecule has 0 spiro atoms. The van der Waals surface area contributed by atoms with E-state index in [1.165, 1.54) is 25.1 Å². The van der Waals surface area contributed by atoms with Gasteiger partial charge < -0.3 is 5.32 Å². The topological polar surface area (TPSA) is 24.9 Å². The molecule has 1 atom stereocenters. The Kier molecular flexibility index (Phi) is 6.89. The van der Waals surface area contributed by atoms with Crippen LogP contribution in [0.4, 0.5) is 0 Å². The predicted molar refractivity (Wildman–Crippen MR) is 63.6 cm³/mol.